The van der Waals surface area contributed by atoms with Crippen LogP contribution in [0.25, 0.3) is 0 Å². The van der Waals surface area contributed by atoms with Gasteiger partial charge in [0.05, 0.1) is 12.6 Å². The van der Waals surface area contributed by atoms with E-state index in [1.165, 1.54) is 12.1 Å². The molecule has 2 unspecified atom stereocenters. The third-order valence-corrected chi connectivity index (χ3v) is 3.32. The van der Waals surface area contributed by atoms with Crippen molar-refractivity contribution in [3.8, 4) is 5.75 Å². The number of rotatable bonds is 4. The van der Waals surface area contributed by atoms with Gasteiger partial charge in [0.1, 0.15) is 5.75 Å². The van der Waals surface area contributed by atoms with Crippen molar-refractivity contribution in [2.45, 2.75) is 25.2 Å². The molecule has 20 heavy (non-hydrogen) atoms. The Labute approximate surface area is 115 Å². The van der Waals surface area contributed by atoms with E-state index in [1.54, 1.807) is 12.1 Å². The maximum absolute atomic E-state index is 12.1. The van der Waals surface area contributed by atoms with Crippen LogP contribution < -0.4 is 16.0 Å². The Hall–Kier alpha value is -1.31. The number of nitrogens with two attached hydrogens (primary N) is 1. The summed E-state index contributed by atoms with van der Waals surface area (Å²) in [4.78, 5) is 0. The molecule has 7 heteroatoms. The molecule has 112 valence electrons. The van der Waals surface area contributed by atoms with Crippen molar-refractivity contribution in [1.82, 2.24) is 5.43 Å². The fourth-order valence-corrected chi connectivity index (χ4v) is 2.41. The van der Waals surface area contributed by atoms with Crippen LogP contribution in [0.3, 0.4) is 0 Å². The Kier molecular flexibility index (Phi) is 4.85. The lowest BCUT2D eigenvalue weighted by Crippen LogP contribution is -2.37. The molecule has 0 radical (unpaired) electrons. The molecule has 0 amide bonds. The molecule has 0 bridgehead atoms. The van der Waals surface area contributed by atoms with E-state index < -0.39 is 6.36 Å². The largest absolute Gasteiger partial charge is 0.573 e. The van der Waals surface area contributed by atoms with Crippen LogP contribution in [0.15, 0.2) is 24.3 Å². The maximum atomic E-state index is 12.1. The summed E-state index contributed by atoms with van der Waals surface area (Å²) in [5, 5.41) is 0. The van der Waals surface area contributed by atoms with Crippen molar-refractivity contribution in [2.24, 2.45) is 11.8 Å². The monoisotopic (exact) mass is 290 g/mol. The SMILES string of the molecule is NNC(c1ccc(OC(F)(F)F)cc1)C1CCCOC1. The predicted octanol–water partition coefficient (Wildman–Crippen LogP) is 2.52. The smallest absolute Gasteiger partial charge is 0.406 e. The highest BCUT2D eigenvalue weighted by atomic mass is 19.4. The number of nitrogens with one attached hydrogen (secondary N) is 1. The molecule has 0 aliphatic carbocycles. The molecule has 1 aliphatic heterocycles. The van der Waals surface area contributed by atoms with Crippen molar-refractivity contribution in [3.05, 3.63) is 29.8 Å². The average Bonchev–Trinajstić information content (AvgIpc) is 2.41. The number of halogens is 3. The quantitative estimate of drug-likeness (QED) is 0.661. The minimum absolute atomic E-state index is 0.143. The third-order valence-electron chi connectivity index (χ3n) is 3.32. The van der Waals surface area contributed by atoms with Crippen LogP contribution in [-0.4, -0.2) is 19.6 Å². The van der Waals surface area contributed by atoms with Gasteiger partial charge in [-0.25, -0.2) is 0 Å². The number of benzene rings is 1. The summed E-state index contributed by atoms with van der Waals surface area (Å²) in [5.74, 6) is 5.53. The van der Waals surface area contributed by atoms with Gasteiger partial charge in [0.2, 0.25) is 0 Å². The highest BCUT2D eigenvalue weighted by molar-refractivity contribution is 5.29. The van der Waals surface area contributed by atoms with Gasteiger partial charge in [0.25, 0.3) is 0 Å². The van der Waals surface area contributed by atoms with Gasteiger partial charge in [-0.3, -0.25) is 11.3 Å². The molecule has 1 fully saturated rings. The summed E-state index contributed by atoms with van der Waals surface area (Å²) in [7, 11) is 0. The standard InChI is InChI=1S/C13H17F3N2O2/c14-13(15,16)20-11-5-3-9(4-6-11)12(18-17)10-2-1-7-19-8-10/h3-6,10,12,18H,1-2,7-8,17H2. The van der Waals surface area contributed by atoms with Crippen LogP contribution in [0.2, 0.25) is 0 Å². The summed E-state index contributed by atoms with van der Waals surface area (Å²) in [6.07, 6.45) is -2.75. The molecular formula is C13H17F3N2O2. The molecule has 1 aromatic carbocycles. The minimum Gasteiger partial charge on any atom is -0.406 e. The first kappa shape index (κ1) is 15.1. The van der Waals surface area contributed by atoms with Gasteiger partial charge >= 0.3 is 6.36 Å². The number of hydrogen-bond acceptors (Lipinski definition) is 4. The zero-order chi connectivity index (χ0) is 14.6. The average molecular weight is 290 g/mol. The third kappa shape index (κ3) is 4.09. The summed E-state index contributed by atoms with van der Waals surface area (Å²) in [5.41, 5.74) is 3.53. The highest BCUT2D eigenvalue weighted by Gasteiger charge is 2.31. The molecule has 4 nitrogen and oxygen atoms in total. The van der Waals surface area contributed by atoms with Crippen molar-refractivity contribution in [1.29, 1.82) is 0 Å². The minimum atomic E-state index is -4.68. The molecular weight excluding hydrogens is 273 g/mol. The van der Waals surface area contributed by atoms with E-state index in [4.69, 9.17) is 10.6 Å². The predicted molar refractivity (Wildman–Crippen MR) is 66.7 cm³/mol. The number of hydrogen-bond donors (Lipinski definition) is 2. The normalized spacial score (nSPS) is 21.5. The number of hydrazine groups is 1. The molecule has 1 heterocycles. The van der Waals surface area contributed by atoms with Crippen molar-refractivity contribution >= 4 is 0 Å². The second-order valence-corrected chi connectivity index (χ2v) is 4.74. The van der Waals surface area contributed by atoms with Crippen LogP contribution in [0.5, 0.6) is 5.75 Å². The van der Waals surface area contributed by atoms with Gasteiger partial charge in [0, 0.05) is 12.5 Å². The van der Waals surface area contributed by atoms with E-state index in [2.05, 4.69) is 10.2 Å². The molecule has 0 aromatic heterocycles. The van der Waals surface area contributed by atoms with E-state index in [-0.39, 0.29) is 17.7 Å². The van der Waals surface area contributed by atoms with Gasteiger partial charge < -0.3 is 9.47 Å². The van der Waals surface area contributed by atoms with Gasteiger partial charge in [-0.1, -0.05) is 12.1 Å². The lowest BCUT2D eigenvalue weighted by Gasteiger charge is -2.30. The Morgan fingerprint density at radius 3 is 2.50 bits per heavy atom. The van der Waals surface area contributed by atoms with E-state index in [1.807, 2.05) is 0 Å². The number of ether oxygens (including phenoxy) is 2. The van der Waals surface area contributed by atoms with Gasteiger partial charge in [-0.05, 0) is 30.5 Å². The zero-order valence-corrected chi connectivity index (χ0v) is 10.8. The Balaban J connectivity index is 2.06. The molecule has 0 spiro atoms. The van der Waals surface area contributed by atoms with Crippen molar-refractivity contribution in [3.63, 3.8) is 0 Å². The fourth-order valence-electron chi connectivity index (χ4n) is 2.41. The summed E-state index contributed by atoms with van der Waals surface area (Å²) < 4.78 is 45.5. The molecule has 3 N–H and O–H groups in total. The molecule has 2 rings (SSSR count). The first-order chi connectivity index (χ1) is 9.49. The second kappa shape index (κ2) is 6.43. The molecule has 1 saturated heterocycles. The molecule has 1 aromatic rings. The number of alkyl halides is 3. The summed E-state index contributed by atoms with van der Waals surface area (Å²) >= 11 is 0. The van der Waals surface area contributed by atoms with E-state index in [0.717, 1.165) is 25.0 Å². The lowest BCUT2D eigenvalue weighted by atomic mass is 9.89. The van der Waals surface area contributed by atoms with Crippen LogP contribution in [0.4, 0.5) is 13.2 Å². The first-order valence-corrected chi connectivity index (χ1v) is 6.39. The first-order valence-electron chi connectivity index (χ1n) is 6.39. The highest BCUT2D eigenvalue weighted by Crippen LogP contribution is 2.30. The van der Waals surface area contributed by atoms with Crippen molar-refractivity contribution < 1.29 is 22.6 Å². The van der Waals surface area contributed by atoms with E-state index in [0.29, 0.717) is 6.61 Å². The Morgan fingerprint density at radius 1 is 1.30 bits per heavy atom. The van der Waals surface area contributed by atoms with Gasteiger partial charge in [-0.15, -0.1) is 13.2 Å². The fraction of sp³-hybridized carbons (Fsp3) is 0.538. The lowest BCUT2D eigenvalue weighted by molar-refractivity contribution is -0.274. The van der Waals surface area contributed by atoms with Crippen LogP contribution >= 0.6 is 0 Å². The van der Waals surface area contributed by atoms with Gasteiger partial charge in [-0.2, -0.15) is 0 Å². The van der Waals surface area contributed by atoms with Crippen molar-refractivity contribution in [2.75, 3.05) is 13.2 Å². The Morgan fingerprint density at radius 2 is 2.00 bits per heavy atom. The summed E-state index contributed by atoms with van der Waals surface area (Å²) in [6, 6.07) is 5.60. The zero-order valence-electron chi connectivity index (χ0n) is 10.8. The van der Waals surface area contributed by atoms with Crippen LogP contribution in [0.1, 0.15) is 24.4 Å². The topological polar surface area (TPSA) is 56.5 Å². The van der Waals surface area contributed by atoms with Gasteiger partial charge in [0.15, 0.2) is 0 Å². The summed E-state index contributed by atoms with van der Waals surface area (Å²) in [6.45, 7) is 1.34. The van der Waals surface area contributed by atoms with Crippen LogP contribution in [0, 0.1) is 5.92 Å². The maximum Gasteiger partial charge on any atom is 0.573 e. The second-order valence-electron chi connectivity index (χ2n) is 4.74. The van der Waals surface area contributed by atoms with Crippen LogP contribution in [-0.2, 0) is 4.74 Å². The Bertz CT molecular complexity index is 417. The molecule has 2 atom stereocenters. The molecule has 0 saturated carbocycles. The van der Waals surface area contributed by atoms with E-state index >= 15 is 0 Å². The molecule has 1 aliphatic rings. The van der Waals surface area contributed by atoms with E-state index in [9.17, 15) is 13.2 Å².